The van der Waals surface area contributed by atoms with Crippen LogP contribution in [0.1, 0.15) is 5.69 Å². The summed E-state index contributed by atoms with van der Waals surface area (Å²) in [6.45, 7) is 0.239. The van der Waals surface area contributed by atoms with E-state index in [1.807, 2.05) is 5.38 Å². The summed E-state index contributed by atoms with van der Waals surface area (Å²) in [5.41, 5.74) is 5.98. The Morgan fingerprint density at radius 2 is 2.13 bits per heavy atom. The van der Waals surface area contributed by atoms with Crippen LogP contribution in [-0.2, 0) is 16.0 Å². The molecule has 3 rings (SSSR count). The zero-order chi connectivity index (χ0) is 16.4. The van der Waals surface area contributed by atoms with Crippen LogP contribution in [0.2, 0.25) is 0 Å². The third-order valence-corrected chi connectivity index (χ3v) is 4.02. The van der Waals surface area contributed by atoms with Gasteiger partial charge in [-0.2, -0.15) is 4.98 Å². The van der Waals surface area contributed by atoms with Crippen LogP contribution in [0.4, 0.5) is 4.39 Å². The number of primary amides is 1. The number of carbonyl (C=O) groups is 2. The summed E-state index contributed by atoms with van der Waals surface area (Å²) in [6.07, 6.45) is 0.444. The lowest BCUT2D eigenvalue weighted by Gasteiger charge is -2.01. The van der Waals surface area contributed by atoms with Crippen molar-refractivity contribution in [3.63, 3.8) is 0 Å². The van der Waals surface area contributed by atoms with E-state index >= 15 is 0 Å². The zero-order valence-corrected chi connectivity index (χ0v) is 12.6. The topological polar surface area (TPSA) is 102 Å². The Hall–Kier alpha value is -2.81. The van der Waals surface area contributed by atoms with E-state index < -0.39 is 11.8 Å². The molecule has 0 aliphatic rings. The van der Waals surface area contributed by atoms with Gasteiger partial charge in [0.25, 0.3) is 0 Å². The van der Waals surface area contributed by atoms with Gasteiger partial charge in [-0.25, -0.2) is 8.91 Å². The first-order valence-electron chi connectivity index (χ1n) is 6.72. The largest absolute Gasteiger partial charge is 0.361 e. The molecule has 2 aromatic heterocycles. The monoisotopic (exact) mass is 333 g/mol. The van der Waals surface area contributed by atoms with Crippen LogP contribution in [0.3, 0.4) is 0 Å². The molecule has 0 aliphatic carbocycles. The first kappa shape index (κ1) is 15.1. The SMILES string of the molecule is NC(=O)C(=O)NCCc1csc2nc(-c3ccccc3F)nn12. The molecule has 7 nitrogen and oxygen atoms in total. The lowest BCUT2D eigenvalue weighted by Crippen LogP contribution is -2.37. The minimum atomic E-state index is -1.02. The fourth-order valence-electron chi connectivity index (χ4n) is 2.04. The molecule has 118 valence electrons. The molecule has 2 heterocycles. The highest BCUT2D eigenvalue weighted by molar-refractivity contribution is 7.15. The van der Waals surface area contributed by atoms with Crippen LogP contribution in [0.25, 0.3) is 16.3 Å². The molecule has 0 aliphatic heterocycles. The van der Waals surface area contributed by atoms with Crippen molar-refractivity contribution in [3.8, 4) is 11.4 Å². The molecule has 9 heteroatoms. The van der Waals surface area contributed by atoms with E-state index in [4.69, 9.17) is 5.73 Å². The molecular formula is C14H12FN5O2S. The molecule has 23 heavy (non-hydrogen) atoms. The Labute approximate surface area is 133 Å². The minimum absolute atomic E-state index is 0.239. The lowest BCUT2D eigenvalue weighted by atomic mass is 10.2. The zero-order valence-electron chi connectivity index (χ0n) is 11.8. The average molecular weight is 333 g/mol. The molecule has 0 saturated carbocycles. The molecule has 1 aromatic carbocycles. The molecule has 3 aromatic rings. The van der Waals surface area contributed by atoms with Crippen molar-refractivity contribution >= 4 is 28.1 Å². The van der Waals surface area contributed by atoms with E-state index in [2.05, 4.69) is 15.4 Å². The van der Waals surface area contributed by atoms with Crippen molar-refractivity contribution in [1.82, 2.24) is 19.9 Å². The van der Waals surface area contributed by atoms with Gasteiger partial charge in [-0.1, -0.05) is 12.1 Å². The highest BCUT2D eigenvalue weighted by atomic mass is 32.1. The van der Waals surface area contributed by atoms with Gasteiger partial charge < -0.3 is 11.1 Å². The third-order valence-electron chi connectivity index (χ3n) is 3.16. The standard InChI is InChI=1S/C14H12FN5O2S/c15-10-4-2-1-3-9(10)12-18-14-20(19-12)8(7-23-14)5-6-17-13(22)11(16)21/h1-4,7H,5-6H2,(H2,16,21)(H,17,22). The summed E-state index contributed by atoms with van der Waals surface area (Å²) >= 11 is 1.36. The minimum Gasteiger partial charge on any atom is -0.361 e. The number of nitrogens with zero attached hydrogens (tertiary/aromatic N) is 3. The number of hydrogen-bond acceptors (Lipinski definition) is 5. The number of amides is 2. The van der Waals surface area contributed by atoms with Crippen molar-refractivity contribution in [3.05, 3.63) is 41.2 Å². The number of benzene rings is 1. The normalized spacial score (nSPS) is 10.8. The molecule has 3 N–H and O–H groups in total. The maximum atomic E-state index is 13.8. The van der Waals surface area contributed by atoms with E-state index in [9.17, 15) is 14.0 Å². The number of thiazole rings is 1. The molecule has 0 atom stereocenters. The van der Waals surface area contributed by atoms with Crippen molar-refractivity contribution in [2.24, 2.45) is 5.73 Å². The van der Waals surface area contributed by atoms with Gasteiger partial charge in [0.1, 0.15) is 5.82 Å². The molecule has 0 unspecified atom stereocenters. The number of nitrogens with two attached hydrogens (primary N) is 1. The average Bonchev–Trinajstić information content (AvgIpc) is 3.09. The van der Waals surface area contributed by atoms with Crippen LogP contribution in [0, 0.1) is 5.82 Å². The Morgan fingerprint density at radius 3 is 2.87 bits per heavy atom. The molecule has 0 spiro atoms. The van der Waals surface area contributed by atoms with Crippen LogP contribution in [0.15, 0.2) is 29.6 Å². The Balaban J connectivity index is 1.80. The van der Waals surface area contributed by atoms with Gasteiger partial charge in [-0.05, 0) is 12.1 Å². The second kappa shape index (κ2) is 6.13. The van der Waals surface area contributed by atoms with Crippen molar-refractivity contribution < 1.29 is 14.0 Å². The van der Waals surface area contributed by atoms with Crippen LogP contribution in [0.5, 0.6) is 0 Å². The second-order valence-electron chi connectivity index (χ2n) is 4.71. The molecule has 0 radical (unpaired) electrons. The fraction of sp³-hybridized carbons (Fsp3) is 0.143. The lowest BCUT2D eigenvalue weighted by molar-refractivity contribution is -0.137. The second-order valence-corrected chi connectivity index (χ2v) is 5.54. The Bertz CT molecular complexity index is 888. The van der Waals surface area contributed by atoms with Gasteiger partial charge in [0.05, 0.1) is 11.3 Å². The summed E-state index contributed by atoms with van der Waals surface area (Å²) < 4.78 is 15.4. The van der Waals surface area contributed by atoms with Crippen molar-refractivity contribution in [1.29, 1.82) is 0 Å². The van der Waals surface area contributed by atoms with Crippen molar-refractivity contribution in [2.75, 3.05) is 6.54 Å². The van der Waals surface area contributed by atoms with Crippen molar-refractivity contribution in [2.45, 2.75) is 6.42 Å². The highest BCUT2D eigenvalue weighted by Gasteiger charge is 2.14. The van der Waals surface area contributed by atoms with Gasteiger partial charge >= 0.3 is 11.8 Å². The van der Waals surface area contributed by atoms with Gasteiger partial charge in [0.15, 0.2) is 5.82 Å². The molecule has 0 saturated heterocycles. The third kappa shape index (κ3) is 3.04. The molecule has 0 bridgehead atoms. The maximum Gasteiger partial charge on any atom is 0.309 e. The quantitative estimate of drug-likeness (QED) is 0.687. The van der Waals surface area contributed by atoms with E-state index in [-0.39, 0.29) is 12.4 Å². The molecule has 0 fully saturated rings. The van der Waals surface area contributed by atoms with Crippen LogP contribution in [-0.4, -0.2) is 33.0 Å². The molecule has 2 amide bonds. The van der Waals surface area contributed by atoms with Gasteiger partial charge in [-0.3, -0.25) is 9.59 Å². The Kier molecular flexibility index (Phi) is 4.02. The van der Waals surface area contributed by atoms with Gasteiger partial charge in [0.2, 0.25) is 4.96 Å². The number of nitrogens with one attached hydrogen (secondary N) is 1. The summed E-state index contributed by atoms with van der Waals surface area (Å²) in [5.74, 6) is -1.94. The number of aromatic nitrogens is 3. The number of carbonyl (C=O) groups excluding carboxylic acids is 2. The summed E-state index contributed by atoms with van der Waals surface area (Å²) in [5, 5.41) is 8.55. The van der Waals surface area contributed by atoms with E-state index in [0.717, 1.165) is 5.69 Å². The first-order valence-corrected chi connectivity index (χ1v) is 7.60. The predicted molar refractivity (Wildman–Crippen MR) is 82.2 cm³/mol. The number of hydrogen-bond donors (Lipinski definition) is 2. The smallest absolute Gasteiger partial charge is 0.309 e. The van der Waals surface area contributed by atoms with Gasteiger partial charge in [0, 0.05) is 18.3 Å². The number of fused-ring (bicyclic) bond motifs is 1. The van der Waals surface area contributed by atoms with E-state index in [1.54, 1.807) is 22.7 Å². The Morgan fingerprint density at radius 1 is 1.35 bits per heavy atom. The summed E-state index contributed by atoms with van der Waals surface area (Å²) in [4.78, 5) is 26.7. The number of rotatable bonds is 4. The highest BCUT2D eigenvalue weighted by Crippen LogP contribution is 2.22. The molecular weight excluding hydrogens is 321 g/mol. The van der Waals surface area contributed by atoms with Crippen LogP contribution >= 0.6 is 11.3 Å². The van der Waals surface area contributed by atoms with Gasteiger partial charge in [-0.15, -0.1) is 16.4 Å². The summed E-state index contributed by atoms with van der Waals surface area (Å²) in [6, 6.07) is 6.28. The fourth-order valence-corrected chi connectivity index (χ4v) is 2.90. The van der Waals surface area contributed by atoms with E-state index in [0.29, 0.717) is 22.8 Å². The predicted octanol–water partition coefficient (Wildman–Crippen LogP) is 0.741. The number of halogens is 1. The summed E-state index contributed by atoms with van der Waals surface area (Å²) in [7, 11) is 0. The first-order chi connectivity index (χ1) is 11.1. The van der Waals surface area contributed by atoms with Crippen LogP contribution < -0.4 is 11.1 Å². The maximum absolute atomic E-state index is 13.8. The van der Waals surface area contributed by atoms with E-state index in [1.165, 1.54) is 17.4 Å².